The minimum atomic E-state index is -1.10. The maximum absolute atomic E-state index is 13.2. The molecule has 1 N–H and O–H groups in total. The Kier molecular flexibility index (Phi) is 5.61. The van der Waals surface area contributed by atoms with E-state index in [4.69, 9.17) is 0 Å². The number of hydrogen-bond donors (Lipinski definition) is 1. The molecule has 0 aliphatic carbocycles. The highest BCUT2D eigenvalue weighted by atomic mass is 32.1. The van der Waals surface area contributed by atoms with Crippen LogP contribution < -0.4 is 5.32 Å². The van der Waals surface area contributed by atoms with Crippen molar-refractivity contribution < 1.29 is 18.4 Å². The van der Waals surface area contributed by atoms with Gasteiger partial charge in [-0.25, -0.2) is 13.8 Å². The normalized spacial score (nSPS) is 10.8. The fourth-order valence-corrected chi connectivity index (χ4v) is 2.74. The summed E-state index contributed by atoms with van der Waals surface area (Å²) >= 11 is 1.09. The molecule has 1 aromatic carbocycles. The number of anilines is 1. The highest BCUT2D eigenvalue weighted by molar-refractivity contribution is 7.14. The van der Waals surface area contributed by atoms with Gasteiger partial charge < -0.3 is 4.90 Å². The van der Waals surface area contributed by atoms with Crippen molar-refractivity contribution in [1.82, 2.24) is 9.88 Å². The topological polar surface area (TPSA) is 62.3 Å². The van der Waals surface area contributed by atoms with Crippen molar-refractivity contribution in [2.75, 3.05) is 18.9 Å². The Morgan fingerprint density at radius 2 is 2.00 bits per heavy atom. The second-order valence-electron chi connectivity index (χ2n) is 5.70. The van der Waals surface area contributed by atoms with Gasteiger partial charge in [-0.1, -0.05) is 13.8 Å². The molecule has 0 bridgehead atoms. The summed E-state index contributed by atoms with van der Waals surface area (Å²) in [4.78, 5) is 29.8. The van der Waals surface area contributed by atoms with E-state index in [2.05, 4.69) is 10.3 Å². The molecule has 0 saturated carbocycles. The molecule has 0 atom stereocenters. The van der Waals surface area contributed by atoms with Crippen molar-refractivity contribution in [1.29, 1.82) is 0 Å². The Morgan fingerprint density at radius 3 is 2.62 bits per heavy atom. The molecular formula is C16H17F2N3O2S. The van der Waals surface area contributed by atoms with Crippen molar-refractivity contribution in [2.24, 2.45) is 5.92 Å². The van der Waals surface area contributed by atoms with Crippen LogP contribution in [0.15, 0.2) is 23.6 Å². The Balaban J connectivity index is 2.06. The maximum Gasteiger partial charge on any atom is 0.273 e. The first-order valence-corrected chi connectivity index (χ1v) is 8.13. The van der Waals surface area contributed by atoms with Crippen LogP contribution >= 0.6 is 11.3 Å². The first-order chi connectivity index (χ1) is 11.3. The Labute approximate surface area is 142 Å². The Morgan fingerprint density at radius 1 is 1.29 bits per heavy atom. The standard InChI is InChI=1S/C16H17F2N3O2S/c1-9(2)7-21(3)15(23)13-8-24-16(19-13)20-14(22)10-4-5-11(17)12(18)6-10/h4-6,8-9H,7H2,1-3H3,(H,19,20,22). The monoisotopic (exact) mass is 353 g/mol. The van der Waals surface area contributed by atoms with Crippen LogP contribution in [0.1, 0.15) is 34.7 Å². The molecule has 2 aromatic rings. The second kappa shape index (κ2) is 7.48. The van der Waals surface area contributed by atoms with Crippen LogP contribution in [0, 0.1) is 17.6 Å². The molecular weight excluding hydrogens is 336 g/mol. The number of nitrogens with one attached hydrogen (secondary N) is 1. The average Bonchev–Trinajstić information content (AvgIpc) is 2.96. The minimum absolute atomic E-state index is 0.0334. The van der Waals surface area contributed by atoms with Gasteiger partial charge in [0.15, 0.2) is 16.8 Å². The van der Waals surface area contributed by atoms with Gasteiger partial charge in [0.25, 0.3) is 11.8 Å². The smallest absolute Gasteiger partial charge is 0.273 e. The van der Waals surface area contributed by atoms with E-state index in [9.17, 15) is 18.4 Å². The van der Waals surface area contributed by atoms with Crippen LogP contribution in [0.4, 0.5) is 13.9 Å². The highest BCUT2D eigenvalue weighted by Crippen LogP contribution is 2.18. The van der Waals surface area contributed by atoms with Gasteiger partial charge in [-0.2, -0.15) is 0 Å². The van der Waals surface area contributed by atoms with Crippen LogP contribution in [-0.4, -0.2) is 35.3 Å². The van der Waals surface area contributed by atoms with Gasteiger partial charge in [-0.3, -0.25) is 14.9 Å². The van der Waals surface area contributed by atoms with E-state index in [1.54, 1.807) is 17.3 Å². The molecule has 1 heterocycles. The van der Waals surface area contributed by atoms with E-state index < -0.39 is 17.5 Å². The first-order valence-electron chi connectivity index (χ1n) is 7.25. The molecule has 24 heavy (non-hydrogen) atoms. The average molecular weight is 353 g/mol. The largest absolute Gasteiger partial charge is 0.340 e. The number of nitrogens with zero attached hydrogens (tertiary/aromatic N) is 2. The summed E-state index contributed by atoms with van der Waals surface area (Å²) in [5.74, 6) is -2.67. The lowest BCUT2D eigenvalue weighted by Gasteiger charge is -2.17. The number of hydrogen-bond acceptors (Lipinski definition) is 4. The van der Waals surface area contributed by atoms with Gasteiger partial charge in [-0.15, -0.1) is 11.3 Å². The molecule has 0 aliphatic heterocycles. The fourth-order valence-electron chi connectivity index (χ4n) is 2.06. The van der Waals surface area contributed by atoms with Crippen LogP contribution in [-0.2, 0) is 0 Å². The summed E-state index contributed by atoms with van der Waals surface area (Å²) < 4.78 is 26.1. The number of carbonyl (C=O) groups excluding carboxylic acids is 2. The van der Waals surface area contributed by atoms with E-state index in [1.807, 2.05) is 13.8 Å². The quantitative estimate of drug-likeness (QED) is 0.896. The molecule has 1 aromatic heterocycles. The van der Waals surface area contributed by atoms with E-state index >= 15 is 0 Å². The van der Waals surface area contributed by atoms with Crippen molar-refractivity contribution in [2.45, 2.75) is 13.8 Å². The lowest BCUT2D eigenvalue weighted by Crippen LogP contribution is -2.30. The maximum atomic E-state index is 13.2. The van der Waals surface area contributed by atoms with Crippen LogP contribution in [0.3, 0.4) is 0 Å². The number of amides is 2. The molecule has 0 radical (unpaired) electrons. The molecule has 2 amide bonds. The third kappa shape index (κ3) is 4.35. The van der Waals surface area contributed by atoms with Crippen molar-refractivity contribution in [3.63, 3.8) is 0 Å². The summed E-state index contributed by atoms with van der Waals surface area (Å²) in [7, 11) is 1.68. The number of halogens is 2. The summed E-state index contributed by atoms with van der Waals surface area (Å²) in [5.41, 5.74) is 0.192. The SMILES string of the molecule is CC(C)CN(C)C(=O)c1csc(NC(=O)c2ccc(F)c(F)c2)n1. The molecule has 0 aliphatic rings. The minimum Gasteiger partial charge on any atom is -0.340 e. The molecule has 8 heteroatoms. The molecule has 2 rings (SSSR count). The molecule has 0 unspecified atom stereocenters. The van der Waals surface area contributed by atoms with Gasteiger partial charge in [0.1, 0.15) is 5.69 Å². The number of aromatic nitrogens is 1. The van der Waals surface area contributed by atoms with Crippen molar-refractivity contribution in [3.8, 4) is 0 Å². The molecule has 0 saturated heterocycles. The molecule has 128 valence electrons. The van der Waals surface area contributed by atoms with Crippen molar-refractivity contribution in [3.05, 3.63) is 46.5 Å². The number of benzene rings is 1. The lowest BCUT2D eigenvalue weighted by atomic mass is 10.2. The molecule has 5 nitrogen and oxygen atoms in total. The number of carbonyl (C=O) groups is 2. The van der Waals surface area contributed by atoms with Crippen LogP contribution in [0.5, 0.6) is 0 Å². The molecule has 0 fully saturated rings. The fraction of sp³-hybridized carbons (Fsp3) is 0.312. The van der Waals surface area contributed by atoms with E-state index in [0.29, 0.717) is 12.5 Å². The van der Waals surface area contributed by atoms with Gasteiger partial charge in [0.2, 0.25) is 0 Å². The van der Waals surface area contributed by atoms with Crippen molar-refractivity contribution >= 4 is 28.3 Å². The Hall–Kier alpha value is -2.35. The summed E-state index contributed by atoms with van der Waals surface area (Å²) in [6.07, 6.45) is 0. The predicted octanol–water partition coefficient (Wildman–Crippen LogP) is 3.40. The summed E-state index contributed by atoms with van der Waals surface area (Å²) in [6, 6.07) is 2.85. The first kappa shape index (κ1) is 18.0. The van der Waals surface area contributed by atoms with Crippen LogP contribution in [0.2, 0.25) is 0 Å². The summed E-state index contributed by atoms with van der Waals surface area (Å²) in [5, 5.41) is 4.22. The number of rotatable bonds is 5. The van der Waals surface area contributed by atoms with E-state index in [-0.39, 0.29) is 22.3 Å². The van der Waals surface area contributed by atoms with Gasteiger partial charge in [-0.05, 0) is 24.1 Å². The van der Waals surface area contributed by atoms with E-state index in [1.165, 1.54) is 6.07 Å². The summed E-state index contributed by atoms with van der Waals surface area (Å²) in [6.45, 7) is 4.59. The zero-order chi connectivity index (χ0) is 17.9. The van der Waals surface area contributed by atoms with E-state index in [0.717, 1.165) is 23.5 Å². The highest BCUT2D eigenvalue weighted by Gasteiger charge is 2.18. The zero-order valence-corrected chi connectivity index (χ0v) is 14.3. The number of thiazole rings is 1. The lowest BCUT2D eigenvalue weighted by molar-refractivity contribution is 0.0774. The second-order valence-corrected chi connectivity index (χ2v) is 6.56. The van der Waals surface area contributed by atoms with Gasteiger partial charge in [0, 0.05) is 24.5 Å². The third-order valence-corrected chi connectivity index (χ3v) is 3.87. The third-order valence-electron chi connectivity index (χ3n) is 3.11. The van der Waals surface area contributed by atoms with Gasteiger partial charge in [0.05, 0.1) is 0 Å². The Bertz CT molecular complexity index is 762. The van der Waals surface area contributed by atoms with Gasteiger partial charge >= 0.3 is 0 Å². The zero-order valence-electron chi connectivity index (χ0n) is 13.5. The van der Waals surface area contributed by atoms with Crippen LogP contribution in [0.25, 0.3) is 0 Å². The predicted molar refractivity (Wildman–Crippen MR) is 88.2 cm³/mol. The molecule has 0 spiro atoms.